The lowest BCUT2D eigenvalue weighted by Crippen LogP contribution is -2.41. The summed E-state index contributed by atoms with van der Waals surface area (Å²) in [7, 11) is 0. The van der Waals surface area contributed by atoms with Gasteiger partial charge in [-0.25, -0.2) is 9.78 Å². The second-order valence-electron chi connectivity index (χ2n) is 5.03. The highest BCUT2D eigenvalue weighted by atomic mass is 35.5. The van der Waals surface area contributed by atoms with E-state index in [0.717, 1.165) is 11.8 Å². The summed E-state index contributed by atoms with van der Waals surface area (Å²) in [5, 5.41) is 5.76. The van der Waals surface area contributed by atoms with Gasteiger partial charge in [0.25, 0.3) is 5.22 Å². The van der Waals surface area contributed by atoms with Gasteiger partial charge in [-0.3, -0.25) is 10.1 Å². The summed E-state index contributed by atoms with van der Waals surface area (Å²) in [6, 6.07) is 4.62. The molecule has 1 aromatic heterocycles. The van der Waals surface area contributed by atoms with Gasteiger partial charge in [-0.1, -0.05) is 37.2 Å². The Morgan fingerprint density at radius 1 is 1.41 bits per heavy atom. The van der Waals surface area contributed by atoms with E-state index < -0.39 is 11.9 Å². The summed E-state index contributed by atoms with van der Waals surface area (Å²) >= 11 is 6.98. The lowest BCUT2D eigenvalue weighted by Gasteiger charge is -2.07. The summed E-state index contributed by atoms with van der Waals surface area (Å²) in [6.45, 7) is 4.45. The summed E-state index contributed by atoms with van der Waals surface area (Å²) in [4.78, 5) is 27.3. The normalized spacial score (nSPS) is 10.9. The highest BCUT2D eigenvalue weighted by Gasteiger charge is 2.12. The van der Waals surface area contributed by atoms with Crippen LogP contribution < -0.4 is 10.6 Å². The van der Waals surface area contributed by atoms with Crippen molar-refractivity contribution in [1.29, 1.82) is 0 Å². The highest BCUT2D eigenvalue weighted by molar-refractivity contribution is 7.99. The average Bonchev–Trinajstić information content (AvgIpc) is 2.85. The average molecular weight is 342 g/mol. The number of nitrogens with one attached hydrogen (secondary N) is 2. The third kappa shape index (κ3) is 4.92. The van der Waals surface area contributed by atoms with E-state index in [2.05, 4.69) is 15.6 Å². The van der Waals surface area contributed by atoms with Crippen LogP contribution in [0.25, 0.3) is 11.1 Å². The number of oxazole rings is 1. The van der Waals surface area contributed by atoms with Crippen LogP contribution in [-0.2, 0) is 4.79 Å². The maximum absolute atomic E-state index is 11.7. The van der Waals surface area contributed by atoms with Gasteiger partial charge in [0.05, 0.1) is 5.75 Å². The number of benzene rings is 1. The molecule has 0 saturated carbocycles. The Morgan fingerprint density at radius 3 is 2.91 bits per heavy atom. The Hall–Kier alpha value is -1.73. The third-order valence-corrected chi connectivity index (χ3v) is 3.64. The Morgan fingerprint density at radius 2 is 2.18 bits per heavy atom. The Labute approximate surface area is 137 Å². The zero-order valence-corrected chi connectivity index (χ0v) is 13.8. The van der Waals surface area contributed by atoms with Crippen molar-refractivity contribution in [3.05, 3.63) is 23.2 Å². The fraction of sp³-hybridized carbons (Fsp3) is 0.357. The number of nitrogens with zero attached hydrogens (tertiary/aromatic N) is 1. The highest BCUT2D eigenvalue weighted by Crippen LogP contribution is 2.25. The number of imide groups is 1. The van der Waals surface area contributed by atoms with E-state index in [0.29, 0.717) is 33.8 Å². The van der Waals surface area contributed by atoms with Crippen LogP contribution in [0.2, 0.25) is 5.02 Å². The lowest BCUT2D eigenvalue weighted by atomic mass is 10.2. The molecule has 0 aliphatic rings. The smallest absolute Gasteiger partial charge is 0.321 e. The van der Waals surface area contributed by atoms with Crippen molar-refractivity contribution in [3.8, 4) is 0 Å². The van der Waals surface area contributed by atoms with Gasteiger partial charge in [0.1, 0.15) is 5.52 Å². The first-order valence-corrected chi connectivity index (χ1v) is 8.07. The molecule has 6 nitrogen and oxygen atoms in total. The van der Waals surface area contributed by atoms with Gasteiger partial charge >= 0.3 is 6.03 Å². The first-order chi connectivity index (χ1) is 10.4. The molecule has 2 aromatic rings. The van der Waals surface area contributed by atoms with Crippen LogP contribution in [-0.4, -0.2) is 29.2 Å². The fourth-order valence-electron chi connectivity index (χ4n) is 1.57. The predicted octanol–water partition coefficient (Wildman–Crippen LogP) is 3.06. The van der Waals surface area contributed by atoms with Gasteiger partial charge in [0.15, 0.2) is 5.58 Å². The topological polar surface area (TPSA) is 84.2 Å². The van der Waals surface area contributed by atoms with E-state index >= 15 is 0 Å². The number of hydrogen-bond acceptors (Lipinski definition) is 5. The Kier molecular flexibility index (Phi) is 5.68. The number of fused-ring (bicyclic) bond motifs is 1. The van der Waals surface area contributed by atoms with E-state index in [1.54, 1.807) is 18.2 Å². The fourth-order valence-corrected chi connectivity index (χ4v) is 2.37. The quantitative estimate of drug-likeness (QED) is 0.816. The molecule has 0 spiro atoms. The number of carbonyl (C=O) groups excluding carboxylic acids is 2. The lowest BCUT2D eigenvalue weighted by molar-refractivity contribution is -0.117. The predicted molar refractivity (Wildman–Crippen MR) is 86.1 cm³/mol. The van der Waals surface area contributed by atoms with Gasteiger partial charge in [-0.2, -0.15) is 0 Å². The summed E-state index contributed by atoms with van der Waals surface area (Å²) in [6.07, 6.45) is 0. The van der Waals surface area contributed by atoms with E-state index in [-0.39, 0.29) is 5.75 Å². The van der Waals surface area contributed by atoms with Crippen molar-refractivity contribution in [3.63, 3.8) is 0 Å². The summed E-state index contributed by atoms with van der Waals surface area (Å²) in [5.74, 6) is -0.0521. The molecule has 0 bridgehead atoms. The number of amides is 3. The van der Waals surface area contributed by atoms with Crippen molar-refractivity contribution in [2.24, 2.45) is 5.92 Å². The van der Waals surface area contributed by atoms with Crippen molar-refractivity contribution in [2.45, 2.75) is 19.1 Å². The molecule has 118 valence electrons. The van der Waals surface area contributed by atoms with Crippen molar-refractivity contribution < 1.29 is 14.0 Å². The van der Waals surface area contributed by atoms with Crippen LogP contribution >= 0.6 is 23.4 Å². The number of carbonyl (C=O) groups is 2. The van der Waals surface area contributed by atoms with Gasteiger partial charge < -0.3 is 9.73 Å². The Bertz CT molecular complexity index is 687. The molecule has 1 heterocycles. The second kappa shape index (κ2) is 7.51. The van der Waals surface area contributed by atoms with Crippen LogP contribution in [0.5, 0.6) is 0 Å². The molecule has 0 aliphatic heterocycles. The van der Waals surface area contributed by atoms with Gasteiger partial charge in [-0.15, -0.1) is 0 Å². The van der Waals surface area contributed by atoms with Crippen molar-refractivity contribution in [1.82, 2.24) is 15.6 Å². The summed E-state index contributed by atoms with van der Waals surface area (Å²) in [5.41, 5.74) is 1.23. The standard InChI is InChI=1S/C14H16ClN3O3S/c1-8(2)6-16-13(20)18-12(19)7-22-14-17-10-4-3-9(15)5-11(10)21-14/h3-5,8H,6-7H2,1-2H3,(H2,16,18,19,20). The van der Waals surface area contributed by atoms with Crippen LogP contribution in [0.1, 0.15) is 13.8 Å². The molecule has 8 heteroatoms. The maximum Gasteiger partial charge on any atom is 0.321 e. The molecule has 0 aliphatic carbocycles. The molecule has 2 rings (SSSR count). The van der Waals surface area contributed by atoms with Gasteiger partial charge in [0.2, 0.25) is 5.91 Å². The minimum Gasteiger partial charge on any atom is -0.431 e. The largest absolute Gasteiger partial charge is 0.431 e. The van der Waals surface area contributed by atoms with Crippen LogP contribution in [0.3, 0.4) is 0 Å². The first-order valence-electron chi connectivity index (χ1n) is 6.70. The molecule has 0 fully saturated rings. The molecule has 2 N–H and O–H groups in total. The van der Waals surface area contributed by atoms with Crippen molar-refractivity contribution in [2.75, 3.05) is 12.3 Å². The molecule has 0 saturated heterocycles. The van der Waals surface area contributed by atoms with Gasteiger partial charge in [-0.05, 0) is 18.1 Å². The van der Waals surface area contributed by atoms with E-state index in [1.807, 2.05) is 13.8 Å². The number of aromatic nitrogens is 1. The van der Waals surface area contributed by atoms with Gasteiger partial charge in [0, 0.05) is 17.6 Å². The molecule has 0 atom stereocenters. The SMILES string of the molecule is CC(C)CNC(=O)NC(=O)CSc1nc2ccc(Cl)cc2o1. The second-order valence-corrected chi connectivity index (χ2v) is 6.40. The number of halogens is 1. The van der Waals surface area contributed by atoms with Crippen molar-refractivity contribution >= 4 is 46.4 Å². The molecule has 3 amide bonds. The molecular weight excluding hydrogens is 326 g/mol. The molecular formula is C14H16ClN3O3S. The Balaban J connectivity index is 1.83. The third-order valence-electron chi connectivity index (χ3n) is 2.58. The maximum atomic E-state index is 11.7. The number of thioether (sulfide) groups is 1. The number of hydrogen-bond donors (Lipinski definition) is 2. The summed E-state index contributed by atoms with van der Waals surface area (Å²) < 4.78 is 5.47. The minimum atomic E-state index is -0.497. The number of rotatable bonds is 5. The van der Waals surface area contributed by atoms with E-state index in [4.69, 9.17) is 16.0 Å². The van der Waals surface area contributed by atoms with Crippen LogP contribution in [0, 0.1) is 5.92 Å². The van der Waals surface area contributed by atoms with Crippen LogP contribution in [0.15, 0.2) is 27.8 Å². The van der Waals surface area contributed by atoms with Crippen LogP contribution in [0.4, 0.5) is 4.79 Å². The molecule has 22 heavy (non-hydrogen) atoms. The first kappa shape index (κ1) is 16.6. The van der Waals surface area contributed by atoms with E-state index in [9.17, 15) is 9.59 Å². The molecule has 1 aromatic carbocycles. The van der Waals surface area contributed by atoms with E-state index in [1.165, 1.54) is 0 Å². The number of urea groups is 1. The monoisotopic (exact) mass is 341 g/mol. The molecule has 0 radical (unpaired) electrons. The zero-order valence-electron chi connectivity index (χ0n) is 12.2. The zero-order chi connectivity index (χ0) is 16.1. The molecule has 0 unspecified atom stereocenters. The minimum absolute atomic E-state index is 0.0374.